The number of rotatable bonds is 1. The summed E-state index contributed by atoms with van der Waals surface area (Å²) >= 11 is 0. The van der Waals surface area contributed by atoms with Crippen molar-refractivity contribution in [2.75, 3.05) is 0 Å². The summed E-state index contributed by atoms with van der Waals surface area (Å²) in [5, 5.41) is 2.66. The van der Waals surface area contributed by atoms with Crippen molar-refractivity contribution in [3.8, 4) is 0 Å². The minimum Gasteiger partial charge on any atom is -0.0984 e. The van der Waals surface area contributed by atoms with E-state index in [4.69, 9.17) is 0 Å². The predicted octanol–water partition coefficient (Wildman–Crippen LogP) is 4.41. The van der Waals surface area contributed by atoms with Crippen LogP contribution in [0.3, 0.4) is 0 Å². The fourth-order valence-corrected chi connectivity index (χ4v) is 2.18. The van der Waals surface area contributed by atoms with Gasteiger partial charge in [0, 0.05) is 0 Å². The van der Waals surface area contributed by atoms with E-state index in [1.54, 1.807) is 0 Å². The summed E-state index contributed by atoms with van der Waals surface area (Å²) in [4.78, 5) is 0. The summed E-state index contributed by atoms with van der Waals surface area (Å²) in [5.41, 5.74) is 5.28. The quantitative estimate of drug-likeness (QED) is 0.633. The van der Waals surface area contributed by atoms with Gasteiger partial charge in [-0.3, -0.25) is 0 Å². The van der Waals surface area contributed by atoms with Crippen LogP contribution >= 0.6 is 0 Å². The van der Waals surface area contributed by atoms with Crippen LogP contribution in [0.4, 0.5) is 0 Å². The molecule has 0 atom stereocenters. The third kappa shape index (κ3) is 1.46. The third-order valence-corrected chi connectivity index (χ3v) is 3.15. The highest BCUT2D eigenvalue weighted by atomic mass is 14.1. The molecule has 0 heterocycles. The van der Waals surface area contributed by atoms with Crippen LogP contribution in [0.2, 0.25) is 0 Å². The molecule has 0 saturated heterocycles. The molecule has 0 nitrogen and oxygen atoms in total. The lowest BCUT2D eigenvalue weighted by Gasteiger charge is -2.12. The molecular formula is C15H16. The van der Waals surface area contributed by atoms with E-state index in [1.807, 2.05) is 6.08 Å². The maximum absolute atomic E-state index is 3.92. The first kappa shape index (κ1) is 9.97. The summed E-state index contributed by atoms with van der Waals surface area (Å²) in [6.07, 6.45) is 1.97. The van der Waals surface area contributed by atoms with E-state index < -0.39 is 0 Å². The molecule has 0 radical (unpaired) electrons. The number of aryl methyl sites for hydroxylation is 2. The zero-order valence-corrected chi connectivity index (χ0v) is 9.59. The Balaban J connectivity index is 3.02. The number of hydrogen-bond donors (Lipinski definition) is 0. The zero-order valence-electron chi connectivity index (χ0n) is 9.59. The van der Waals surface area contributed by atoms with Crippen molar-refractivity contribution in [1.29, 1.82) is 0 Å². The minimum atomic E-state index is 1.28. The van der Waals surface area contributed by atoms with Gasteiger partial charge in [-0.2, -0.15) is 0 Å². The molecule has 2 rings (SSSR count). The SMILES string of the molecule is C=Cc1c(C)c(C)cc2cccc(C)c12. The molecule has 0 aliphatic carbocycles. The van der Waals surface area contributed by atoms with Crippen molar-refractivity contribution in [3.05, 3.63) is 53.1 Å². The van der Waals surface area contributed by atoms with Crippen LogP contribution in [0.25, 0.3) is 16.8 Å². The highest BCUT2D eigenvalue weighted by molar-refractivity contribution is 5.95. The van der Waals surface area contributed by atoms with Gasteiger partial charge < -0.3 is 0 Å². The van der Waals surface area contributed by atoms with E-state index in [0.717, 1.165) is 0 Å². The molecule has 0 heteroatoms. The predicted molar refractivity (Wildman–Crippen MR) is 68.3 cm³/mol. The second-order valence-electron chi connectivity index (χ2n) is 4.11. The molecule has 0 aliphatic rings. The van der Waals surface area contributed by atoms with Gasteiger partial charge in [-0.25, -0.2) is 0 Å². The third-order valence-electron chi connectivity index (χ3n) is 3.15. The molecule has 0 aliphatic heterocycles. The van der Waals surface area contributed by atoms with Crippen LogP contribution < -0.4 is 0 Å². The van der Waals surface area contributed by atoms with Crippen molar-refractivity contribution in [3.63, 3.8) is 0 Å². The van der Waals surface area contributed by atoms with E-state index in [9.17, 15) is 0 Å². The molecule has 15 heavy (non-hydrogen) atoms. The molecule has 0 unspecified atom stereocenters. The Labute approximate surface area is 91.2 Å². The Morgan fingerprint density at radius 3 is 2.47 bits per heavy atom. The van der Waals surface area contributed by atoms with Crippen molar-refractivity contribution in [2.24, 2.45) is 0 Å². The Hall–Kier alpha value is -1.56. The van der Waals surface area contributed by atoms with Crippen LogP contribution in [0.15, 0.2) is 30.8 Å². The first-order chi connectivity index (χ1) is 7.15. The second kappa shape index (κ2) is 3.54. The number of fused-ring (bicyclic) bond motifs is 1. The van der Waals surface area contributed by atoms with Crippen LogP contribution in [-0.4, -0.2) is 0 Å². The molecule has 0 N–H and O–H groups in total. The van der Waals surface area contributed by atoms with E-state index in [-0.39, 0.29) is 0 Å². The molecule has 0 bridgehead atoms. The molecule has 0 saturated carbocycles. The van der Waals surface area contributed by atoms with Crippen molar-refractivity contribution in [1.82, 2.24) is 0 Å². The summed E-state index contributed by atoms with van der Waals surface area (Å²) in [6.45, 7) is 10.4. The average molecular weight is 196 g/mol. The molecule has 0 amide bonds. The standard InChI is InChI=1S/C15H16/c1-5-14-12(4)11(3)9-13-8-6-7-10(2)15(13)14/h5-9H,1H2,2-4H3. The normalized spacial score (nSPS) is 10.6. The fourth-order valence-electron chi connectivity index (χ4n) is 2.18. The van der Waals surface area contributed by atoms with Crippen molar-refractivity contribution < 1.29 is 0 Å². The second-order valence-corrected chi connectivity index (χ2v) is 4.11. The molecule has 2 aromatic rings. The maximum atomic E-state index is 3.92. The first-order valence-electron chi connectivity index (χ1n) is 5.27. The Morgan fingerprint density at radius 1 is 1.07 bits per heavy atom. The van der Waals surface area contributed by atoms with E-state index in [2.05, 4.69) is 51.6 Å². The van der Waals surface area contributed by atoms with Crippen LogP contribution in [0.5, 0.6) is 0 Å². The Kier molecular flexibility index (Phi) is 2.36. The summed E-state index contributed by atoms with van der Waals surface area (Å²) in [7, 11) is 0. The fraction of sp³-hybridized carbons (Fsp3) is 0.200. The lowest BCUT2D eigenvalue weighted by atomic mass is 9.93. The lowest BCUT2D eigenvalue weighted by molar-refractivity contribution is 1.34. The van der Waals surface area contributed by atoms with Gasteiger partial charge in [0.1, 0.15) is 0 Å². The highest BCUT2D eigenvalue weighted by Crippen LogP contribution is 2.28. The number of benzene rings is 2. The first-order valence-corrected chi connectivity index (χ1v) is 5.27. The molecule has 76 valence electrons. The molecule has 0 fully saturated rings. The van der Waals surface area contributed by atoms with Gasteiger partial charge >= 0.3 is 0 Å². The van der Waals surface area contributed by atoms with Gasteiger partial charge in [-0.15, -0.1) is 0 Å². The molecule has 0 aromatic heterocycles. The lowest BCUT2D eigenvalue weighted by Crippen LogP contribution is -1.90. The van der Waals surface area contributed by atoms with E-state index in [0.29, 0.717) is 0 Å². The van der Waals surface area contributed by atoms with Gasteiger partial charge in [0.2, 0.25) is 0 Å². The summed E-state index contributed by atoms with van der Waals surface area (Å²) < 4.78 is 0. The van der Waals surface area contributed by atoms with Gasteiger partial charge in [0.15, 0.2) is 0 Å². The van der Waals surface area contributed by atoms with Gasteiger partial charge in [0.25, 0.3) is 0 Å². The van der Waals surface area contributed by atoms with E-state index in [1.165, 1.54) is 33.0 Å². The maximum Gasteiger partial charge on any atom is -0.00795 e. The van der Waals surface area contributed by atoms with E-state index >= 15 is 0 Å². The Bertz CT molecular complexity index is 533. The zero-order chi connectivity index (χ0) is 11.0. The van der Waals surface area contributed by atoms with Gasteiger partial charge in [0.05, 0.1) is 0 Å². The topological polar surface area (TPSA) is 0 Å². The summed E-state index contributed by atoms with van der Waals surface area (Å²) in [6, 6.07) is 8.69. The Morgan fingerprint density at radius 2 is 1.80 bits per heavy atom. The molecular weight excluding hydrogens is 180 g/mol. The average Bonchev–Trinajstić information content (AvgIpc) is 2.21. The number of hydrogen-bond acceptors (Lipinski definition) is 0. The monoisotopic (exact) mass is 196 g/mol. The van der Waals surface area contributed by atoms with Crippen LogP contribution in [0, 0.1) is 20.8 Å². The van der Waals surface area contributed by atoms with Gasteiger partial charge in [-0.1, -0.05) is 36.9 Å². The van der Waals surface area contributed by atoms with Crippen molar-refractivity contribution >= 4 is 16.8 Å². The highest BCUT2D eigenvalue weighted by Gasteiger charge is 2.06. The molecule has 2 aromatic carbocycles. The van der Waals surface area contributed by atoms with Gasteiger partial charge in [-0.05, 0) is 53.8 Å². The molecule has 0 spiro atoms. The van der Waals surface area contributed by atoms with Crippen LogP contribution in [-0.2, 0) is 0 Å². The minimum absolute atomic E-state index is 1.28. The largest absolute Gasteiger partial charge is 0.0984 e. The summed E-state index contributed by atoms with van der Waals surface area (Å²) in [5.74, 6) is 0. The van der Waals surface area contributed by atoms with Crippen molar-refractivity contribution in [2.45, 2.75) is 20.8 Å². The smallest absolute Gasteiger partial charge is 0.00795 e. The van der Waals surface area contributed by atoms with Crippen LogP contribution in [0.1, 0.15) is 22.3 Å².